The van der Waals surface area contributed by atoms with Gasteiger partial charge in [0.2, 0.25) is 5.91 Å². The number of nitriles is 1. The number of thioether (sulfide) groups is 1. The van der Waals surface area contributed by atoms with Crippen LogP contribution < -0.4 is 4.90 Å². The van der Waals surface area contributed by atoms with E-state index in [1.54, 1.807) is 29.2 Å². The third kappa shape index (κ3) is 4.10. The molecule has 2 aromatic heterocycles. The van der Waals surface area contributed by atoms with Gasteiger partial charge >= 0.3 is 0 Å². The van der Waals surface area contributed by atoms with Crippen molar-refractivity contribution >= 4 is 40.6 Å². The first kappa shape index (κ1) is 17.3. The van der Waals surface area contributed by atoms with Gasteiger partial charge in [0.05, 0.1) is 18.2 Å². The topological polar surface area (TPSA) is 74.3 Å². The van der Waals surface area contributed by atoms with Crippen LogP contribution in [0.2, 0.25) is 5.02 Å². The number of anilines is 1. The fourth-order valence-electron chi connectivity index (χ4n) is 2.33. The van der Waals surface area contributed by atoms with Crippen molar-refractivity contribution in [2.45, 2.75) is 11.6 Å². The zero-order valence-electron chi connectivity index (χ0n) is 13.2. The van der Waals surface area contributed by atoms with Gasteiger partial charge in [0.25, 0.3) is 0 Å². The van der Waals surface area contributed by atoms with Crippen LogP contribution >= 0.6 is 23.4 Å². The number of hydrogen-bond donors (Lipinski definition) is 0. The lowest BCUT2D eigenvalue weighted by atomic mass is 10.2. The van der Waals surface area contributed by atoms with Crippen LogP contribution in [0.1, 0.15) is 6.42 Å². The fraction of sp³-hybridized carbons (Fsp3) is 0.176. The zero-order valence-corrected chi connectivity index (χ0v) is 14.7. The van der Waals surface area contributed by atoms with E-state index in [1.807, 2.05) is 28.8 Å². The Morgan fingerprint density at radius 1 is 1.28 bits per heavy atom. The van der Waals surface area contributed by atoms with Gasteiger partial charge in [-0.25, -0.2) is 0 Å². The van der Waals surface area contributed by atoms with Crippen molar-refractivity contribution in [1.29, 1.82) is 5.26 Å². The summed E-state index contributed by atoms with van der Waals surface area (Å²) in [5, 5.41) is 18.2. The predicted octanol–water partition coefficient (Wildman–Crippen LogP) is 3.42. The van der Waals surface area contributed by atoms with E-state index in [0.29, 0.717) is 22.4 Å². The van der Waals surface area contributed by atoms with E-state index in [0.717, 1.165) is 5.65 Å². The highest BCUT2D eigenvalue weighted by Crippen LogP contribution is 2.22. The van der Waals surface area contributed by atoms with Crippen molar-refractivity contribution in [2.75, 3.05) is 17.2 Å². The molecule has 0 aliphatic heterocycles. The second-order valence-corrected chi connectivity index (χ2v) is 6.51. The van der Waals surface area contributed by atoms with Gasteiger partial charge in [-0.1, -0.05) is 35.5 Å². The van der Waals surface area contributed by atoms with E-state index in [2.05, 4.69) is 16.3 Å². The first-order chi connectivity index (χ1) is 12.2. The van der Waals surface area contributed by atoms with Crippen molar-refractivity contribution in [2.24, 2.45) is 0 Å². The summed E-state index contributed by atoms with van der Waals surface area (Å²) in [6.07, 6.45) is 2.10. The highest BCUT2D eigenvalue weighted by molar-refractivity contribution is 7.99. The Morgan fingerprint density at radius 3 is 2.96 bits per heavy atom. The Morgan fingerprint density at radius 2 is 2.16 bits per heavy atom. The molecule has 0 bridgehead atoms. The molecule has 0 saturated heterocycles. The van der Waals surface area contributed by atoms with E-state index >= 15 is 0 Å². The molecule has 8 heteroatoms. The standard InChI is InChI=1S/C17H14ClN5OS/c18-13-5-3-6-14(11-13)22(10-4-8-19)16(24)12-25-17-21-20-15-7-1-2-9-23(15)17/h1-3,5-7,9,11H,4,10,12H2. The van der Waals surface area contributed by atoms with E-state index in [4.69, 9.17) is 16.9 Å². The fourth-order valence-corrected chi connectivity index (χ4v) is 3.31. The second kappa shape index (κ2) is 8.01. The summed E-state index contributed by atoms with van der Waals surface area (Å²) in [4.78, 5) is 14.3. The summed E-state index contributed by atoms with van der Waals surface area (Å²) >= 11 is 7.33. The molecule has 0 aliphatic rings. The van der Waals surface area contributed by atoms with Crippen molar-refractivity contribution in [3.05, 3.63) is 53.7 Å². The van der Waals surface area contributed by atoms with E-state index < -0.39 is 0 Å². The molecular formula is C17H14ClN5OS. The quantitative estimate of drug-likeness (QED) is 0.620. The van der Waals surface area contributed by atoms with Gasteiger partial charge in [0.1, 0.15) is 0 Å². The summed E-state index contributed by atoms with van der Waals surface area (Å²) in [6.45, 7) is 0.316. The molecule has 0 saturated carbocycles. The predicted molar refractivity (Wildman–Crippen MR) is 97.7 cm³/mol. The van der Waals surface area contributed by atoms with Crippen LogP contribution in [-0.4, -0.2) is 32.8 Å². The number of carbonyl (C=O) groups is 1. The largest absolute Gasteiger partial charge is 0.311 e. The average molecular weight is 372 g/mol. The van der Waals surface area contributed by atoms with Crippen molar-refractivity contribution < 1.29 is 4.79 Å². The SMILES string of the molecule is N#CCCN(C(=O)CSc1nnc2ccccn12)c1cccc(Cl)c1. The summed E-state index contributed by atoms with van der Waals surface area (Å²) in [5.41, 5.74) is 1.41. The number of halogens is 1. The Bertz CT molecular complexity index is 936. The van der Waals surface area contributed by atoms with Crippen LogP contribution in [0.15, 0.2) is 53.8 Å². The van der Waals surface area contributed by atoms with Crippen LogP contribution in [0.3, 0.4) is 0 Å². The zero-order chi connectivity index (χ0) is 17.6. The third-order valence-electron chi connectivity index (χ3n) is 3.48. The summed E-state index contributed by atoms with van der Waals surface area (Å²) in [7, 11) is 0. The summed E-state index contributed by atoms with van der Waals surface area (Å²) < 4.78 is 1.83. The van der Waals surface area contributed by atoms with Crippen LogP contribution in [0.25, 0.3) is 5.65 Å². The number of nitrogens with zero attached hydrogens (tertiary/aromatic N) is 5. The Hall–Kier alpha value is -2.56. The van der Waals surface area contributed by atoms with E-state index in [1.165, 1.54) is 11.8 Å². The lowest BCUT2D eigenvalue weighted by molar-refractivity contribution is -0.116. The molecule has 0 spiro atoms. The molecule has 2 heterocycles. The summed E-state index contributed by atoms with van der Waals surface area (Å²) in [6, 6.07) is 14.7. The van der Waals surface area contributed by atoms with E-state index in [-0.39, 0.29) is 18.1 Å². The average Bonchev–Trinajstić information content (AvgIpc) is 3.03. The molecular weight excluding hydrogens is 358 g/mol. The maximum Gasteiger partial charge on any atom is 0.237 e. The van der Waals surface area contributed by atoms with Crippen LogP contribution in [0.4, 0.5) is 5.69 Å². The summed E-state index contributed by atoms with van der Waals surface area (Å²) in [5.74, 6) is 0.0726. The van der Waals surface area contributed by atoms with Gasteiger partial charge in [-0.05, 0) is 30.3 Å². The molecule has 1 amide bonds. The van der Waals surface area contributed by atoms with Crippen molar-refractivity contribution in [3.8, 4) is 6.07 Å². The molecule has 0 atom stereocenters. The van der Waals surface area contributed by atoms with Crippen LogP contribution in [0.5, 0.6) is 0 Å². The van der Waals surface area contributed by atoms with Gasteiger partial charge in [0.15, 0.2) is 10.8 Å². The van der Waals surface area contributed by atoms with Gasteiger partial charge in [-0.15, -0.1) is 10.2 Å². The number of benzene rings is 1. The lowest BCUT2D eigenvalue weighted by Crippen LogP contribution is -2.33. The van der Waals surface area contributed by atoms with Crippen LogP contribution in [0, 0.1) is 11.3 Å². The van der Waals surface area contributed by atoms with Gasteiger partial charge in [-0.2, -0.15) is 5.26 Å². The lowest BCUT2D eigenvalue weighted by Gasteiger charge is -2.21. The van der Waals surface area contributed by atoms with Gasteiger partial charge < -0.3 is 4.90 Å². The third-order valence-corrected chi connectivity index (χ3v) is 4.64. The molecule has 6 nitrogen and oxygen atoms in total. The molecule has 0 aliphatic carbocycles. The van der Waals surface area contributed by atoms with Gasteiger partial charge in [0, 0.05) is 23.5 Å². The highest BCUT2D eigenvalue weighted by atomic mass is 35.5. The Labute approximate surface area is 154 Å². The number of rotatable bonds is 6. The normalized spacial score (nSPS) is 10.6. The molecule has 3 rings (SSSR count). The monoisotopic (exact) mass is 371 g/mol. The molecule has 0 N–H and O–H groups in total. The smallest absolute Gasteiger partial charge is 0.237 e. The Kier molecular flexibility index (Phi) is 5.53. The minimum Gasteiger partial charge on any atom is -0.311 e. The number of pyridine rings is 1. The minimum atomic E-state index is -0.116. The molecule has 0 radical (unpaired) electrons. The van der Waals surface area contributed by atoms with Crippen molar-refractivity contribution in [3.63, 3.8) is 0 Å². The number of carbonyl (C=O) groups excluding carboxylic acids is 1. The minimum absolute atomic E-state index is 0.116. The number of amides is 1. The van der Waals surface area contributed by atoms with Crippen LogP contribution in [-0.2, 0) is 4.79 Å². The maximum atomic E-state index is 12.7. The number of aromatic nitrogens is 3. The van der Waals surface area contributed by atoms with E-state index in [9.17, 15) is 4.79 Å². The molecule has 0 fully saturated rings. The number of fused-ring (bicyclic) bond motifs is 1. The molecule has 1 aromatic carbocycles. The van der Waals surface area contributed by atoms with Gasteiger partial charge in [-0.3, -0.25) is 9.20 Å². The molecule has 25 heavy (non-hydrogen) atoms. The maximum absolute atomic E-state index is 12.7. The highest BCUT2D eigenvalue weighted by Gasteiger charge is 2.17. The molecule has 126 valence electrons. The molecule has 3 aromatic rings. The second-order valence-electron chi connectivity index (χ2n) is 5.13. The van der Waals surface area contributed by atoms with Crippen molar-refractivity contribution in [1.82, 2.24) is 14.6 Å². The molecule has 0 unspecified atom stereocenters. The number of hydrogen-bond acceptors (Lipinski definition) is 5. The Balaban J connectivity index is 1.75. The first-order valence-electron chi connectivity index (χ1n) is 7.54. The first-order valence-corrected chi connectivity index (χ1v) is 8.91.